The van der Waals surface area contributed by atoms with Crippen molar-refractivity contribution in [3.63, 3.8) is 0 Å². The second-order valence-electron chi connectivity index (χ2n) is 7.48. The van der Waals surface area contributed by atoms with Crippen molar-refractivity contribution >= 4 is 5.91 Å². The molecule has 0 bridgehead atoms. The van der Waals surface area contributed by atoms with Gasteiger partial charge in [0.15, 0.2) is 5.79 Å². The number of halogens is 3. The normalized spacial score (nSPS) is 21.6. The zero-order chi connectivity index (χ0) is 19.7. The van der Waals surface area contributed by atoms with Crippen molar-refractivity contribution in [2.75, 3.05) is 33.9 Å². The minimum absolute atomic E-state index is 0.214. The Balaban J connectivity index is 1.62. The molecule has 1 aliphatic heterocycles. The number of amides is 1. The van der Waals surface area contributed by atoms with Crippen LogP contribution in [0.3, 0.4) is 0 Å². The number of alkyl halides is 3. The number of benzene rings is 1. The molecule has 27 heavy (non-hydrogen) atoms. The van der Waals surface area contributed by atoms with E-state index in [9.17, 15) is 18.0 Å². The second kappa shape index (κ2) is 7.41. The number of carbonyl (C=O) groups is 1. The van der Waals surface area contributed by atoms with Gasteiger partial charge < -0.3 is 19.7 Å². The molecule has 150 valence electrons. The SMILES string of the molecule is CN(C)C1(CNC(=O)c2ccc(C(F)(F)F)cc2)CCC2(CC1)OCCO2. The molecule has 1 heterocycles. The van der Waals surface area contributed by atoms with Gasteiger partial charge in [-0.15, -0.1) is 0 Å². The highest BCUT2D eigenvalue weighted by Crippen LogP contribution is 2.42. The average Bonchev–Trinajstić information content (AvgIpc) is 3.09. The van der Waals surface area contributed by atoms with Gasteiger partial charge in [0.2, 0.25) is 0 Å². The molecule has 1 aliphatic carbocycles. The van der Waals surface area contributed by atoms with E-state index >= 15 is 0 Å². The molecule has 1 saturated carbocycles. The largest absolute Gasteiger partial charge is 0.416 e. The van der Waals surface area contributed by atoms with Crippen molar-refractivity contribution in [2.45, 2.75) is 43.2 Å². The van der Waals surface area contributed by atoms with E-state index in [1.54, 1.807) is 0 Å². The van der Waals surface area contributed by atoms with Crippen LogP contribution in [0.1, 0.15) is 41.6 Å². The van der Waals surface area contributed by atoms with Crippen LogP contribution in [-0.4, -0.2) is 56.0 Å². The lowest BCUT2D eigenvalue weighted by Crippen LogP contribution is -2.57. The summed E-state index contributed by atoms with van der Waals surface area (Å²) in [5, 5.41) is 2.88. The first kappa shape index (κ1) is 20.1. The molecule has 1 aromatic rings. The number of nitrogens with one attached hydrogen (secondary N) is 1. The van der Waals surface area contributed by atoms with E-state index in [1.165, 1.54) is 12.1 Å². The van der Waals surface area contributed by atoms with Crippen LogP contribution in [0.25, 0.3) is 0 Å². The van der Waals surface area contributed by atoms with Crippen molar-refractivity contribution in [1.82, 2.24) is 10.2 Å². The molecule has 2 aliphatic rings. The third kappa shape index (κ3) is 4.28. The zero-order valence-electron chi connectivity index (χ0n) is 15.6. The molecule has 3 rings (SSSR count). The summed E-state index contributed by atoms with van der Waals surface area (Å²) < 4.78 is 49.5. The van der Waals surface area contributed by atoms with E-state index in [4.69, 9.17) is 9.47 Å². The molecular formula is C19H25F3N2O3. The maximum absolute atomic E-state index is 12.6. The van der Waals surface area contributed by atoms with Crippen LogP contribution in [0.2, 0.25) is 0 Å². The number of nitrogens with zero attached hydrogens (tertiary/aromatic N) is 1. The van der Waals surface area contributed by atoms with Gasteiger partial charge >= 0.3 is 6.18 Å². The van der Waals surface area contributed by atoms with Gasteiger partial charge in [0, 0.05) is 30.5 Å². The number of hydrogen-bond donors (Lipinski definition) is 1. The summed E-state index contributed by atoms with van der Waals surface area (Å²) in [7, 11) is 3.94. The Morgan fingerprint density at radius 2 is 1.63 bits per heavy atom. The van der Waals surface area contributed by atoms with Crippen LogP contribution >= 0.6 is 0 Å². The summed E-state index contributed by atoms with van der Waals surface area (Å²) in [5.74, 6) is -0.865. The first-order valence-corrected chi connectivity index (χ1v) is 9.07. The summed E-state index contributed by atoms with van der Waals surface area (Å²) >= 11 is 0. The fourth-order valence-corrected chi connectivity index (χ4v) is 3.82. The molecule has 1 N–H and O–H groups in total. The molecule has 2 fully saturated rings. The molecule has 0 aromatic heterocycles. The van der Waals surface area contributed by atoms with Gasteiger partial charge in [-0.05, 0) is 51.2 Å². The summed E-state index contributed by atoms with van der Waals surface area (Å²) in [5.41, 5.74) is -0.785. The van der Waals surface area contributed by atoms with Crippen LogP contribution < -0.4 is 5.32 Å². The highest BCUT2D eigenvalue weighted by atomic mass is 19.4. The summed E-state index contributed by atoms with van der Waals surface area (Å²) in [6, 6.07) is 4.26. The lowest BCUT2D eigenvalue weighted by molar-refractivity contribution is -0.191. The van der Waals surface area contributed by atoms with Gasteiger partial charge in [-0.2, -0.15) is 13.2 Å². The number of hydrogen-bond acceptors (Lipinski definition) is 4. The highest BCUT2D eigenvalue weighted by Gasteiger charge is 2.47. The van der Waals surface area contributed by atoms with Gasteiger partial charge in [0.1, 0.15) is 0 Å². The maximum atomic E-state index is 12.6. The van der Waals surface area contributed by atoms with Gasteiger partial charge in [0.25, 0.3) is 5.91 Å². The number of ether oxygens (including phenoxy) is 2. The van der Waals surface area contributed by atoms with Crippen LogP contribution in [0.4, 0.5) is 13.2 Å². The van der Waals surface area contributed by atoms with Gasteiger partial charge in [-0.25, -0.2) is 0 Å². The number of rotatable bonds is 4. The fourth-order valence-electron chi connectivity index (χ4n) is 3.82. The average molecular weight is 386 g/mol. The number of likely N-dealkylation sites (N-methyl/N-ethyl adjacent to an activating group) is 1. The molecule has 0 atom stereocenters. The summed E-state index contributed by atoms with van der Waals surface area (Å²) in [4.78, 5) is 14.5. The van der Waals surface area contributed by atoms with Crippen molar-refractivity contribution < 1.29 is 27.4 Å². The van der Waals surface area contributed by atoms with E-state index < -0.39 is 17.5 Å². The minimum atomic E-state index is -4.41. The highest BCUT2D eigenvalue weighted by molar-refractivity contribution is 5.94. The molecule has 1 saturated heterocycles. The van der Waals surface area contributed by atoms with E-state index in [0.717, 1.165) is 37.8 Å². The Kier molecular flexibility index (Phi) is 5.52. The van der Waals surface area contributed by atoms with E-state index in [0.29, 0.717) is 19.8 Å². The van der Waals surface area contributed by atoms with E-state index in [2.05, 4.69) is 10.2 Å². The summed E-state index contributed by atoms with van der Waals surface area (Å²) in [6.45, 7) is 1.63. The van der Waals surface area contributed by atoms with E-state index in [-0.39, 0.29) is 17.0 Å². The van der Waals surface area contributed by atoms with Crippen LogP contribution in [0, 0.1) is 0 Å². The van der Waals surface area contributed by atoms with Crippen LogP contribution in [-0.2, 0) is 15.7 Å². The molecule has 0 radical (unpaired) electrons. The third-order valence-corrected chi connectivity index (χ3v) is 5.76. The first-order valence-electron chi connectivity index (χ1n) is 9.07. The van der Waals surface area contributed by atoms with Gasteiger partial charge in [0.05, 0.1) is 18.8 Å². The fraction of sp³-hybridized carbons (Fsp3) is 0.632. The van der Waals surface area contributed by atoms with Crippen molar-refractivity contribution in [1.29, 1.82) is 0 Å². The summed E-state index contributed by atoms with van der Waals surface area (Å²) in [6.07, 6.45) is -1.31. The lowest BCUT2D eigenvalue weighted by atomic mass is 9.77. The van der Waals surface area contributed by atoms with Gasteiger partial charge in [-0.1, -0.05) is 0 Å². The Hall–Kier alpha value is -1.64. The predicted octanol–water partition coefficient (Wildman–Crippen LogP) is 3.05. The lowest BCUT2D eigenvalue weighted by Gasteiger charge is -2.47. The maximum Gasteiger partial charge on any atom is 0.416 e. The number of carbonyl (C=O) groups excluding carboxylic acids is 1. The second-order valence-corrected chi connectivity index (χ2v) is 7.48. The van der Waals surface area contributed by atoms with Crippen LogP contribution in [0.5, 0.6) is 0 Å². The molecule has 0 unspecified atom stereocenters. The van der Waals surface area contributed by atoms with Crippen molar-refractivity contribution in [3.05, 3.63) is 35.4 Å². The Morgan fingerprint density at radius 3 is 2.11 bits per heavy atom. The first-order chi connectivity index (χ1) is 12.7. The molecule has 1 amide bonds. The van der Waals surface area contributed by atoms with Gasteiger partial charge in [-0.3, -0.25) is 4.79 Å². The van der Waals surface area contributed by atoms with Crippen LogP contribution in [0.15, 0.2) is 24.3 Å². The molecule has 1 aromatic carbocycles. The molecule has 8 heteroatoms. The Bertz CT molecular complexity index is 658. The van der Waals surface area contributed by atoms with Crippen molar-refractivity contribution in [2.24, 2.45) is 0 Å². The predicted molar refractivity (Wildman–Crippen MR) is 93.3 cm³/mol. The third-order valence-electron chi connectivity index (χ3n) is 5.76. The minimum Gasteiger partial charge on any atom is -0.350 e. The smallest absolute Gasteiger partial charge is 0.350 e. The Labute approximate surface area is 156 Å². The monoisotopic (exact) mass is 386 g/mol. The zero-order valence-corrected chi connectivity index (χ0v) is 15.6. The Morgan fingerprint density at radius 1 is 1.07 bits per heavy atom. The van der Waals surface area contributed by atoms with E-state index in [1.807, 2.05) is 14.1 Å². The standard InChI is InChI=1S/C19H25F3N2O3/c1-24(2)17(7-9-18(10-8-17)26-11-12-27-18)13-23-16(25)14-3-5-15(6-4-14)19(20,21)22/h3-6H,7-13H2,1-2H3,(H,23,25). The van der Waals surface area contributed by atoms with Crippen molar-refractivity contribution in [3.8, 4) is 0 Å². The molecule has 1 spiro atoms. The molecular weight excluding hydrogens is 361 g/mol. The molecule has 5 nitrogen and oxygen atoms in total. The topological polar surface area (TPSA) is 50.8 Å². The quantitative estimate of drug-likeness (QED) is 0.864.